The van der Waals surface area contributed by atoms with E-state index in [4.69, 9.17) is 4.74 Å². The van der Waals surface area contributed by atoms with Crippen LogP contribution in [0.2, 0.25) is 0 Å². The molecule has 35 heavy (non-hydrogen) atoms. The average Bonchev–Trinajstić information content (AvgIpc) is 3.29. The summed E-state index contributed by atoms with van der Waals surface area (Å²) in [4.78, 5) is 43.3. The van der Waals surface area contributed by atoms with Crippen LogP contribution in [0.15, 0.2) is 42.5 Å². The lowest BCUT2D eigenvalue weighted by Crippen LogP contribution is -2.44. The van der Waals surface area contributed by atoms with Crippen molar-refractivity contribution in [2.24, 2.45) is 0 Å². The minimum absolute atomic E-state index is 0.00927. The Morgan fingerprint density at radius 2 is 1.80 bits per heavy atom. The topological polar surface area (TPSA) is 91.9 Å². The van der Waals surface area contributed by atoms with Crippen LogP contribution in [-0.4, -0.2) is 46.6 Å². The van der Waals surface area contributed by atoms with Crippen molar-refractivity contribution in [3.8, 4) is 11.5 Å². The van der Waals surface area contributed by atoms with Crippen molar-refractivity contribution in [3.05, 3.63) is 53.7 Å². The molecule has 1 saturated heterocycles. The molecule has 1 N–H and O–H groups in total. The van der Waals surface area contributed by atoms with Gasteiger partial charge >= 0.3 is 12.3 Å². The van der Waals surface area contributed by atoms with E-state index in [0.29, 0.717) is 41.9 Å². The van der Waals surface area contributed by atoms with E-state index in [9.17, 15) is 27.6 Å². The van der Waals surface area contributed by atoms with E-state index >= 15 is 0 Å². The second kappa shape index (κ2) is 8.42. The Morgan fingerprint density at radius 1 is 1.09 bits per heavy atom. The number of nitrogens with one attached hydrogen (secondary N) is 1. The van der Waals surface area contributed by atoms with Crippen molar-refractivity contribution in [1.82, 2.24) is 9.88 Å². The number of ether oxygens (including phenoxy) is 2. The zero-order valence-electron chi connectivity index (χ0n) is 18.5. The molecule has 11 heteroatoms. The summed E-state index contributed by atoms with van der Waals surface area (Å²) in [5.74, 6) is -1.23. The molecule has 1 unspecified atom stereocenters. The van der Waals surface area contributed by atoms with E-state index in [1.807, 2.05) is 4.90 Å². The number of aromatic nitrogens is 1. The van der Waals surface area contributed by atoms with Crippen LogP contribution in [0.3, 0.4) is 0 Å². The molecule has 0 aliphatic carbocycles. The van der Waals surface area contributed by atoms with Gasteiger partial charge in [0, 0.05) is 43.0 Å². The number of hydrogen-bond acceptors (Lipinski definition) is 6. The molecule has 5 rings (SSSR count). The third kappa shape index (κ3) is 4.46. The van der Waals surface area contributed by atoms with Crippen LogP contribution in [0.4, 0.5) is 18.9 Å². The van der Waals surface area contributed by atoms with Crippen molar-refractivity contribution < 1.29 is 37.0 Å². The molecule has 2 aromatic carbocycles. The molecule has 1 aromatic heterocycles. The fourth-order valence-corrected chi connectivity index (χ4v) is 4.68. The van der Waals surface area contributed by atoms with Crippen LogP contribution in [0.25, 0.3) is 10.9 Å². The fourth-order valence-electron chi connectivity index (χ4n) is 4.68. The Balaban J connectivity index is 1.37. The normalized spacial score (nSPS) is 18.7. The third-order valence-corrected chi connectivity index (χ3v) is 6.13. The number of alkyl halides is 3. The summed E-state index contributed by atoms with van der Waals surface area (Å²) >= 11 is 0. The highest BCUT2D eigenvalue weighted by molar-refractivity contribution is 6.22. The number of rotatable bonds is 4. The maximum Gasteiger partial charge on any atom is 0.573 e. The lowest BCUT2D eigenvalue weighted by atomic mass is 10.0. The average molecular weight is 487 g/mol. The van der Waals surface area contributed by atoms with Gasteiger partial charge in [-0.1, -0.05) is 0 Å². The molecule has 2 aliphatic heterocycles. The first kappa shape index (κ1) is 22.9. The Hall–Kier alpha value is -3.86. The molecule has 0 radical (unpaired) electrons. The fraction of sp³-hybridized carbons (Fsp3) is 0.292. The van der Waals surface area contributed by atoms with Gasteiger partial charge in [-0.05, 0) is 48.0 Å². The Kier molecular flexibility index (Phi) is 5.51. The Morgan fingerprint density at radius 3 is 2.49 bits per heavy atom. The molecule has 2 aliphatic rings. The number of esters is 1. The maximum atomic E-state index is 13.2. The second-order valence-corrected chi connectivity index (χ2v) is 8.43. The zero-order valence-corrected chi connectivity index (χ0v) is 18.5. The number of fused-ring (bicyclic) bond motifs is 3. The SMILES string of the molecule is CC(=O)Oc1ccc(N2C(=O)CC(N3CCc4[nH]c5ccc(OC(F)(F)F)cc5c4C3)C2=O)cc1. The molecule has 0 spiro atoms. The van der Waals surface area contributed by atoms with Gasteiger partial charge in [0.25, 0.3) is 5.91 Å². The lowest BCUT2D eigenvalue weighted by Gasteiger charge is -2.31. The van der Waals surface area contributed by atoms with E-state index in [2.05, 4.69) is 9.72 Å². The number of H-pyrrole nitrogens is 1. The zero-order chi connectivity index (χ0) is 24.9. The standard InChI is InChI=1S/C24H20F3N3O5/c1-13(31)34-15-4-2-14(3-5-15)30-22(32)11-21(23(30)33)29-9-8-20-18(12-29)17-10-16(35-24(25,26)27)6-7-19(17)28-20/h2-7,10,21,28H,8-9,11-12H2,1H3. The molecule has 3 heterocycles. The summed E-state index contributed by atoms with van der Waals surface area (Å²) in [6.07, 6.45) is -4.26. The van der Waals surface area contributed by atoms with Crippen molar-refractivity contribution in [2.75, 3.05) is 11.4 Å². The minimum Gasteiger partial charge on any atom is -0.427 e. The highest BCUT2D eigenvalue weighted by atomic mass is 19.4. The molecule has 3 aromatic rings. The highest BCUT2D eigenvalue weighted by Gasteiger charge is 2.43. The number of carbonyl (C=O) groups is 3. The number of amides is 2. The van der Waals surface area contributed by atoms with Gasteiger partial charge in [0.2, 0.25) is 5.91 Å². The van der Waals surface area contributed by atoms with Crippen LogP contribution in [-0.2, 0) is 27.3 Å². The first-order valence-corrected chi connectivity index (χ1v) is 10.9. The Labute approximate surface area is 197 Å². The summed E-state index contributed by atoms with van der Waals surface area (Å²) in [6, 6.07) is 9.50. The highest BCUT2D eigenvalue weighted by Crippen LogP contribution is 2.35. The molecular formula is C24H20F3N3O5. The number of carbonyl (C=O) groups excluding carboxylic acids is 3. The number of anilines is 1. The summed E-state index contributed by atoms with van der Waals surface area (Å²) in [5.41, 5.74) is 2.71. The summed E-state index contributed by atoms with van der Waals surface area (Å²) in [7, 11) is 0. The number of imide groups is 1. The molecule has 0 bridgehead atoms. The van der Waals surface area contributed by atoms with Crippen molar-refractivity contribution in [1.29, 1.82) is 0 Å². The number of hydrogen-bond donors (Lipinski definition) is 1. The number of nitrogens with zero attached hydrogens (tertiary/aromatic N) is 2. The van der Waals surface area contributed by atoms with Gasteiger partial charge in [-0.25, -0.2) is 4.90 Å². The van der Waals surface area contributed by atoms with Gasteiger partial charge in [-0.3, -0.25) is 19.3 Å². The van der Waals surface area contributed by atoms with Crippen LogP contribution < -0.4 is 14.4 Å². The van der Waals surface area contributed by atoms with Gasteiger partial charge in [0.15, 0.2) is 0 Å². The van der Waals surface area contributed by atoms with Crippen LogP contribution in [0, 0.1) is 0 Å². The van der Waals surface area contributed by atoms with Gasteiger partial charge in [-0.2, -0.15) is 0 Å². The lowest BCUT2D eigenvalue weighted by molar-refractivity contribution is -0.274. The van der Waals surface area contributed by atoms with Crippen molar-refractivity contribution in [2.45, 2.75) is 38.7 Å². The van der Waals surface area contributed by atoms with Crippen LogP contribution in [0.1, 0.15) is 24.6 Å². The van der Waals surface area contributed by atoms with Crippen molar-refractivity contribution >= 4 is 34.4 Å². The predicted octanol–water partition coefficient (Wildman–Crippen LogP) is 3.68. The largest absolute Gasteiger partial charge is 0.573 e. The van der Waals surface area contributed by atoms with Crippen LogP contribution in [0.5, 0.6) is 11.5 Å². The monoisotopic (exact) mass is 487 g/mol. The molecular weight excluding hydrogens is 467 g/mol. The summed E-state index contributed by atoms with van der Waals surface area (Å²) < 4.78 is 47.1. The smallest absolute Gasteiger partial charge is 0.427 e. The van der Waals surface area contributed by atoms with E-state index in [1.54, 1.807) is 0 Å². The predicted molar refractivity (Wildman–Crippen MR) is 118 cm³/mol. The first-order chi connectivity index (χ1) is 16.6. The van der Waals surface area contributed by atoms with Gasteiger partial charge in [-0.15, -0.1) is 13.2 Å². The van der Waals surface area contributed by atoms with Gasteiger partial charge in [0.05, 0.1) is 18.2 Å². The molecule has 8 nitrogen and oxygen atoms in total. The quantitative estimate of drug-likeness (QED) is 0.343. The van der Waals surface area contributed by atoms with Gasteiger partial charge in [0.1, 0.15) is 11.5 Å². The van der Waals surface area contributed by atoms with E-state index in [-0.39, 0.29) is 24.0 Å². The van der Waals surface area contributed by atoms with E-state index < -0.39 is 18.4 Å². The first-order valence-electron chi connectivity index (χ1n) is 10.9. The van der Waals surface area contributed by atoms with Crippen molar-refractivity contribution in [3.63, 3.8) is 0 Å². The van der Waals surface area contributed by atoms with E-state index in [0.717, 1.165) is 16.2 Å². The molecule has 182 valence electrons. The van der Waals surface area contributed by atoms with E-state index in [1.165, 1.54) is 49.4 Å². The number of benzene rings is 2. The minimum atomic E-state index is -4.80. The maximum absolute atomic E-state index is 13.2. The molecule has 1 fully saturated rings. The number of halogens is 3. The summed E-state index contributed by atoms with van der Waals surface area (Å²) in [5, 5.41) is 0.584. The number of aromatic amines is 1. The Bertz CT molecular complexity index is 1330. The van der Waals surface area contributed by atoms with Gasteiger partial charge < -0.3 is 14.5 Å². The second-order valence-electron chi connectivity index (χ2n) is 8.43. The molecule has 2 amide bonds. The summed E-state index contributed by atoms with van der Waals surface area (Å²) in [6.45, 7) is 2.08. The third-order valence-electron chi connectivity index (χ3n) is 6.13. The van der Waals surface area contributed by atoms with Crippen LogP contribution >= 0.6 is 0 Å². The molecule has 0 saturated carbocycles. The molecule has 1 atom stereocenters.